The van der Waals surface area contributed by atoms with Crippen molar-refractivity contribution < 1.29 is 28.9 Å². The third kappa shape index (κ3) is 4.91. The number of hydrogen-bond acceptors (Lipinski definition) is 6. The first-order valence-electron chi connectivity index (χ1n) is 11.8. The molecule has 1 saturated heterocycles. The number of ketones is 1. The lowest BCUT2D eigenvalue weighted by Gasteiger charge is -2.26. The smallest absolute Gasteiger partial charge is 0.300 e. The number of anilines is 1. The summed E-state index contributed by atoms with van der Waals surface area (Å²) in [5.74, 6) is -0.0271. The van der Waals surface area contributed by atoms with Gasteiger partial charge in [0.15, 0.2) is 0 Å². The highest BCUT2D eigenvalue weighted by molar-refractivity contribution is 6.51. The number of benzene rings is 3. The van der Waals surface area contributed by atoms with Gasteiger partial charge in [0.05, 0.1) is 31.4 Å². The molecule has 0 aliphatic carbocycles. The number of rotatable bonds is 8. The van der Waals surface area contributed by atoms with Crippen molar-refractivity contribution in [2.45, 2.75) is 32.9 Å². The zero-order valence-corrected chi connectivity index (χ0v) is 20.7. The Balaban J connectivity index is 1.88. The Hall–Kier alpha value is -4.26. The standard InChI is InChI=1S/C29H29NO6/c1-5-35-24-11-6-8-20(16-24)27(31)25-26(19-12-14-22(15-13-19)36-18(2)3)30(29(33)28(25)32)21-9-7-10-23(17-21)34-4/h6-18,26,31H,5H2,1-4H3/b27-25+. The highest BCUT2D eigenvalue weighted by atomic mass is 16.5. The number of hydrogen-bond donors (Lipinski definition) is 1. The van der Waals surface area contributed by atoms with Crippen molar-refractivity contribution in [1.29, 1.82) is 0 Å². The van der Waals surface area contributed by atoms with E-state index in [9.17, 15) is 14.7 Å². The van der Waals surface area contributed by atoms with Gasteiger partial charge in [0.25, 0.3) is 11.7 Å². The Morgan fingerprint density at radius 3 is 2.31 bits per heavy atom. The molecule has 1 aliphatic rings. The number of amides is 1. The lowest BCUT2D eigenvalue weighted by molar-refractivity contribution is -0.132. The number of carbonyl (C=O) groups is 2. The molecule has 1 N–H and O–H groups in total. The van der Waals surface area contributed by atoms with E-state index in [2.05, 4.69) is 0 Å². The minimum atomic E-state index is -0.860. The first-order chi connectivity index (χ1) is 17.3. The highest BCUT2D eigenvalue weighted by Gasteiger charge is 2.47. The molecule has 1 fully saturated rings. The van der Waals surface area contributed by atoms with Gasteiger partial charge in [0.2, 0.25) is 0 Å². The predicted molar refractivity (Wildman–Crippen MR) is 138 cm³/mol. The molecule has 1 aliphatic heterocycles. The van der Waals surface area contributed by atoms with Gasteiger partial charge in [0.1, 0.15) is 23.0 Å². The van der Waals surface area contributed by atoms with Gasteiger partial charge in [-0.1, -0.05) is 30.3 Å². The topological polar surface area (TPSA) is 85.3 Å². The van der Waals surface area contributed by atoms with Crippen molar-refractivity contribution >= 4 is 23.1 Å². The Labute approximate surface area is 210 Å². The maximum Gasteiger partial charge on any atom is 0.300 e. The Bertz CT molecular complexity index is 1300. The van der Waals surface area contributed by atoms with Crippen molar-refractivity contribution in [2.75, 3.05) is 18.6 Å². The molecule has 7 nitrogen and oxygen atoms in total. The lowest BCUT2D eigenvalue weighted by Crippen LogP contribution is -2.29. The normalized spacial score (nSPS) is 16.9. The summed E-state index contributed by atoms with van der Waals surface area (Å²) < 4.78 is 16.6. The molecule has 0 radical (unpaired) electrons. The lowest BCUT2D eigenvalue weighted by atomic mass is 9.95. The molecular formula is C29H29NO6. The zero-order chi connectivity index (χ0) is 25.8. The highest BCUT2D eigenvalue weighted by Crippen LogP contribution is 2.43. The van der Waals surface area contributed by atoms with E-state index in [1.54, 1.807) is 72.8 Å². The molecule has 1 atom stereocenters. The number of nitrogens with zero attached hydrogens (tertiary/aromatic N) is 1. The van der Waals surface area contributed by atoms with E-state index >= 15 is 0 Å². The predicted octanol–water partition coefficient (Wildman–Crippen LogP) is 5.51. The first-order valence-corrected chi connectivity index (χ1v) is 11.8. The Morgan fingerprint density at radius 1 is 0.944 bits per heavy atom. The third-order valence-electron chi connectivity index (χ3n) is 5.76. The van der Waals surface area contributed by atoms with Crippen LogP contribution in [0.15, 0.2) is 78.4 Å². The van der Waals surface area contributed by atoms with Crippen molar-refractivity contribution in [3.63, 3.8) is 0 Å². The number of aliphatic hydroxyl groups is 1. The van der Waals surface area contributed by atoms with Crippen molar-refractivity contribution in [2.24, 2.45) is 0 Å². The molecular weight excluding hydrogens is 458 g/mol. The fourth-order valence-corrected chi connectivity index (χ4v) is 4.23. The van der Waals surface area contributed by atoms with E-state index in [1.807, 2.05) is 20.8 Å². The summed E-state index contributed by atoms with van der Waals surface area (Å²) in [4.78, 5) is 28.1. The molecule has 0 bridgehead atoms. The van der Waals surface area contributed by atoms with Crippen LogP contribution in [0.4, 0.5) is 5.69 Å². The molecule has 4 rings (SSSR count). The van der Waals surface area contributed by atoms with Gasteiger partial charge < -0.3 is 19.3 Å². The van der Waals surface area contributed by atoms with E-state index in [-0.39, 0.29) is 17.4 Å². The largest absolute Gasteiger partial charge is 0.507 e. The summed E-state index contributed by atoms with van der Waals surface area (Å²) >= 11 is 0. The summed E-state index contributed by atoms with van der Waals surface area (Å²) in [6, 6.07) is 20.0. The second-order valence-corrected chi connectivity index (χ2v) is 8.57. The third-order valence-corrected chi connectivity index (χ3v) is 5.76. The molecule has 1 unspecified atom stereocenters. The minimum absolute atomic E-state index is 0.00381. The summed E-state index contributed by atoms with van der Waals surface area (Å²) in [6.45, 7) is 6.18. The van der Waals surface area contributed by atoms with Crippen LogP contribution in [0.1, 0.15) is 37.9 Å². The van der Waals surface area contributed by atoms with Gasteiger partial charge in [-0.2, -0.15) is 0 Å². The molecule has 3 aromatic carbocycles. The number of aliphatic hydroxyl groups excluding tert-OH is 1. The summed E-state index contributed by atoms with van der Waals surface area (Å²) in [6.07, 6.45) is -0.00381. The van der Waals surface area contributed by atoms with Gasteiger partial charge in [-0.15, -0.1) is 0 Å². The van der Waals surface area contributed by atoms with Gasteiger partial charge in [-0.3, -0.25) is 14.5 Å². The average Bonchev–Trinajstić information content (AvgIpc) is 3.14. The molecule has 1 amide bonds. The van der Waals surface area contributed by atoms with E-state index in [0.717, 1.165) is 0 Å². The molecule has 0 saturated carbocycles. The van der Waals surface area contributed by atoms with Gasteiger partial charge >= 0.3 is 0 Å². The molecule has 0 spiro atoms. The molecule has 36 heavy (non-hydrogen) atoms. The van der Waals surface area contributed by atoms with Crippen LogP contribution in [-0.2, 0) is 9.59 Å². The van der Waals surface area contributed by atoms with E-state index in [1.165, 1.54) is 12.0 Å². The SMILES string of the molecule is CCOc1cccc(/C(O)=C2\C(=O)C(=O)N(c3cccc(OC)c3)C2c2ccc(OC(C)C)cc2)c1. The Morgan fingerprint density at radius 2 is 1.64 bits per heavy atom. The second-order valence-electron chi connectivity index (χ2n) is 8.57. The van der Waals surface area contributed by atoms with Crippen LogP contribution in [0.2, 0.25) is 0 Å². The number of Topliss-reactive ketones (excluding diaryl/α,β-unsaturated/α-hetero) is 1. The molecule has 0 aromatic heterocycles. The minimum Gasteiger partial charge on any atom is -0.507 e. The van der Waals surface area contributed by atoms with Gasteiger partial charge in [0, 0.05) is 17.3 Å². The number of carbonyl (C=O) groups excluding carboxylic acids is 2. The maximum absolute atomic E-state index is 13.4. The average molecular weight is 488 g/mol. The van der Waals surface area contributed by atoms with Crippen LogP contribution in [0.3, 0.4) is 0 Å². The van der Waals surface area contributed by atoms with E-state index < -0.39 is 17.7 Å². The first kappa shape index (κ1) is 24.9. The van der Waals surface area contributed by atoms with Crippen molar-refractivity contribution in [1.82, 2.24) is 0 Å². The molecule has 3 aromatic rings. The summed E-state index contributed by atoms with van der Waals surface area (Å²) in [5.41, 5.74) is 1.50. The molecule has 7 heteroatoms. The fourth-order valence-electron chi connectivity index (χ4n) is 4.23. The fraction of sp³-hybridized carbons (Fsp3) is 0.241. The number of ether oxygens (including phenoxy) is 3. The van der Waals surface area contributed by atoms with E-state index in [0.29, 0.717) is 40.7 Å². The maximum atomic E-state index is 13.4. The van der Waals surface area contributed by atoms with E-state index in [4.69, 9.17) is 14.2 Å². The van der Waals surface area contributed by atoms with Crippen LogP contribution in [0.25, 0.3) is 5.76 Å². The number of methoxy groups -OCH3 is 1. The zero-order valence-electron chi connectivity index (χ0n) is 20.7. The van der Waals surface area contributed by atoms with Gasteiger partial charge in [-0.05, 0) is 62.7 Å². The Kier molecular flexibility index (Phi) is 7.29. The second kappa shape index (κ2) is 10.6. The van der Waals surface area contributed by atoms with Gasteiger partial charge in [-0.25, -0.2) is 0 Å². The van der Waals surface area contributed by atoms with Crippen LogP contribution >= 0.6 is 0 Å². The van der Waals surface area contributed by atoms with Crippen LogP contribution < -0.4 is 19.1 Å². The monoisotopic (exact) mass is 487 g/mol. The summed E-state index contributed by atoms with van der Waals surface area (Å²) in [5, 5.41) is 11.3. The molecule has 186 valence electrons. The van der Waals surface area contributed by atoms with Crippen LogP contribution in [-0.4, -0.2) is 36.6 Å². The van der Waals surface area contributed by atoms with Crippen LogP contribution in [0.5, 0.6) is 17.2 Å². The van der Waals surface area contributed by atoms with Crippen molar-refractivity contribution in [3.05, 3.63) is 89.5 Å². The van der Waals surface area contributed by atoms with Crippen LogP contribution in [0, 0.1) is 0 Å². The quantitative estimate of drug-likeness (QED) is 0.256. The van der Waals surface area contributed by atoms with Crippen molar-refractivity contribution in [3.8, 4) is 17.2 Å². The summed E-state index contributed by atoms with van der Waals surface area (Å²) in [7, 11) is 1.53. The molecule has 1 heterocycles.